The molecule has 5 nitrogen and oxygen atoms in total. The lowest BCUT2D eigenvalue weighted by atomic mass is 10.1. The van der Waals surface area contributed by atoms with E-state index < -0.39 is 33.3 Å². The van der Waals surface area contributed by atoms with Gasteiger partial charge in [0.05, 0.1) is 17.2 Å². The first-order valence-electron chi connectivity index (χ1n) is 8.91. The van der Waals surface area contributed by atoms with Crippen LogP contribution in [0.2, 0.25) is 0 Å². The van der Waals surface area contributed by atoms with Crippen LogP contribution in [0.25, 0.3) is 0 Å². The molecule has 1 aliphatic heterocycles. The maximum Gasteiger partial charge on any atom is 0.414 e. The number of cyclic esters (lactones) is 1. The topological polar surface area (TPSA) is 63.7 Å². The predicted molar refractivity (Wildman–Crippen MR) is 102 cm³/mol. The molecule has 0 fully saturated rings. The largest absolute Gasteiger partial charge is 0.444 e. The van der Waals surface area contributed by atoms with Crippen LogP contribution in [0, 0.1) is 18.6 Å². The van der Waals surface area contributed by atoms with Crippen LogP contribution in [0.1, 0.15) is 35.6 Å². The highest BCUT2D eigenvalue weighted by Gasteiger charge is 2.25. The number of hydrogen-bond acceptors (Lipinski definition) is 4. The van der Waals surface area contributed by atoms with Crippen molar-refractivity contribution in [2.24, 2.45) is 0 Å². The number of carbonyl (C=O) groups excluding carboxylic acids is 1. The summed E-state index contributed by atoms with van der Waals surface area (Å²) in [4.78, 5) is 13.4. The number of nitrogens with zero attached hydrogens (tertiary/aromatic N) is 1. The van der Waals surface area contributed by atoms with Crippen molar-refractivity contribution in [3.8, 4) is 0 Å². The highest BCUT2D eigenvalue weighted by atomic mass is 32.2. The molecule has 1 heterocycles. The molecule has 0 bridgehead atoms. The average molecular weight is 409 g/mol. The van der Waals surface area contributed by atoms with E-state index in [0.29, 0.717) is 17.8 Å². The van der Waals surface area contributed by atoms with Gasteiger partial charge in [-0.1, -0.05) is 13.0 Å². The minimum absolute atomic E-state index is 0.0709. The minimum atomic E-state index is -3.65. The highest BCUT2D eigenvalue weighted by molar-refractivity contribution is 7.89. The van der Waals surface area contributed by atoms with Crippen molar-refractivity contribution in [3.63, 3.8) is 0 Å². The number of anilines is 1. The number of rotatable bonds is 6. The molecule has 2 aromatic carbocycles. The van der Waals surface area contributed by atoms with Gasteiger partial charge in [-0.15, -0.1) is 0 Å². The molecule has 3 rings (SSSR count). The van der Waals surface area contributed by atoms with Crippen molar-refractivity contribution in [2.45, 2.75) is 38.4 Å². The first-order valence-corrected chi connectivity index (χ1v) is 10.7. The number of hydrogen-bond donors (Lipinski definition) is 0. The molecular weight excluding hydrogens is 388 g/mol. The fraction of sp³-hybridized carbons (Fsp3) is 0.350. The summed E-state index contributed by atoms with van der Waals surface area (Å²) in [6.07, 6.45) is 0.340. The molecule has 0 N–H and O–H groups in total. The first kappa shape index (κ1) is 20.3. The Morgan fingerprint density at radius 1 is 1.07 bits per heavy atom. The zero-order chi connectivity index (χ0) is 20.5. The van der Waals surface area contributed by atoms with Gasteiger partial charge in [-0.3, -0.25) is 4.90 Å². The van der Waals surface area contributed by atoms with Gasteiger partial charge in [-0.2, -0.15) is 0 Å². The van der Waals surface area contributed by atoms with Crippen LogP contribution in [-0.2, 0) is 32.7 Å². The lowest BCUT2D eigenvalue weighted by Crippen LogP contribution is -2.36. The van der Waals surface area contributed by atoms with Gasteiger partial charge < -0.3 is 4.74 Å². The quantitative estimate of drug-likeness (QED) is 0.715. The Hall–Kier alpha value is -2.48. The van der Waals surface area contributed by atoms with Crippen LogP contribution < -0.4 is 4.90 Å². The Morgan fingerprint density at radius 3 is 2.36 bits per heavy atom. The van der Waals surface area contributed by atoms with Crippen LogP contribution in [0.5, 0.6) is 0 Å². The average Bonchev–Trinajstić information content (AvgIpc) is 2.61. The molecule has 8 heteroatoms. The summed E-state index contributed by atoms with van der Waals surface area (Å²) in [6, 6.07) is 7.14. The number of amides is 1. The van der Waals surface area contributed by atoms with Crippen LogP contribution >= 0.6 is 0 Å². The zero-order valence-corrected chi connectivity index (χ0v) is 16.5. The molecule has 0 atom stereocenters. The number of benzene rings is 2. The molecule has 150 valence electrons. The maximum absolute atomic E-state index is 13.7. The Balaban J connectivity index is 1.81. The van der Waals surface area contributed by atoms with Crippen molar-refractivity contribution in [1.82, 2.24) is 0 Å². The van der Waals surface area contributed by atoms with Crippen molar-refractivity contribution in [3.05, 3.63) is 64.2 Å². The van der Waals surface area contributed by atoms with Gasteiger partial charge in [0.25, 0.3) is 0 Å². The minimum Gasteiger partial charge on any atom is -0.444 e. The number of sulfone groups is 1. The summed E-state index contributed by atoms with van der Waals surface area (Å²) in [5.41, 5.74) is 1.90. The van der Waals surface area contributed by atoms with E-state index in [-0.39, 0.29) is 23.5 Å². The van der Waals surface area contributed by atoms with Gasteiger partial charge >= 0.3 is 6.09 Å². The van der Waals surface area contributed by atoms with E-state index in [1.165, 1.54) is 11.8 Å². The summed E-state index contributed by atoms with van der Waals surface area (Å²) in [5.74, 6) is -2.28. The lowest BCUT2D eigenvalue weighted by Gasteiger charge is -2.29. The number of halogens is 2. The SMILES string of the molecule is CCCN1C(=O)OCc2cc(CS(=O)(=O)Cc3cc(F)c(C)c(F)c3)ccc21. The summed E-state index contributed by atoms with van der Waals surface area (Å²) < 4.78 is 57.6. The predicted octanol–water partition coefficient (Wildman–Crippen LogP) is 4.25. The Labute approximate surface area is 162 Å². The van der Waals surface area contributed by atoms with Crippen molar-refractivity contribution < 1.29 is 26.7 Å². The number of fused-ring (bicyclic) bond motifs is 1. The van der Waals surface area contributed by atoms with E-state index in [9.17, 15) is 22.0 Å². The summed E-state index contributed by atoms with van der Waals surface area (Å²) in [7, 11) is -3.65. The Morgan fingerprint density at radius 2 is 1.71 bits per heavy atom. The van der Waals surface area contributed by atoms with E-state index >= 15 is 0 Å². The van der Waals surface area contributed by atoms with Crippen molar-refractivity contribution >= 4 is 21.6 Å². The van der Waals surface area contributed by atoms with Gasteiger partial charge in [0.2, 0.25) is 0 Å². The van der Waals surface area contributed by atoms with Gasteiger partial charge in [0, 0.05) is 17.7 Å². The van der Waals surface area contributed by atoms with Crippen molar-refractivity contribution in [1.29, 1.82) is 0 Å². The van der Waals surface area contributed by atoms with Gasteiger partial charge in [0.1, 0.15) is 18.2 Å². The van der Waals surface area contributed by atoms with Crippen molar-refractivity contribution in [2.75, 3.05) is 11.4 Å². The van der Waals surface area contributed by atoms with Gasteiger partial charge in [0.15, 0.2) is 9.84 Å². The molecule has 0 saturated heterocycles. The first-order chi connectivity index (χ1) is 13.2. The Bertz CT molecular complexity index is 998. The molecule has 0 aliphatic carbocycles. The van der Waals surface area contributed by atoms with Crippen LogP contribution in [0.15, 0.2) is 30.3 Å². The molecule has 1 amide bonds. The monoisotopic (exact) mass is 409 g/mol. The van der Waals surface area contributed by atoms with E-state index in [1.807, 2.05) is 6.92 Å². The third-order valence-corrected chi connectivity index (χ3v) is 6.11. The second kappa shape index (κ2) is 7.87. The van der Waals surface area contributed by atoms with Crippen LogP contribution in [0.3, 0.4) is 0 Å². The normalized spacial score (nSPS) is 14.0. The zero-order valence-electron chi connectivity index (χ0n) is 15.7. The molecule has 0 unspecified atom stereocenters. The van der Waals surface area contributed by atoms with Crippen LogP contribution in [0.4, 0.5) is 19.3 Å². The van der Waals surface area contributed by atoms with E-state index in [2.05, 4.69) is 0 Å². The molecule has 28 heavy (non-hydrogen) atoms. The second-order valence-electron chi connectivity index (χ2n) is 6.89. The molecule has 1 aliphatic rings. The molecule has 0 aromatic heterocycles. The Kier molecular flexibility index (Phi) is 5.69. The van der Waals surface area contributed by atoms with Gasteiger partial charge in [-0.05, 0) is 48.7 Å². The molecule has 0 saturated carbocycles. The number of carbonyl (C=O) groups is 1. The van der Waals surface area contributed by atoms with E-state index in [4.69, 9.17) is 4.74 Å². The van der Waals surface area contributed by atoms with E-state index in [0.717, 1.165) is 24.1 Å². The third kappa shape index (κ3) is 4.32. The molecule has 2 aromatic rings. The fourth-order valence-corrected chi connectivity index (χ4v) is 4.66. The van der Waals surface area contributed by atoms with E-state index in [1.54, 1.807) is 18.2 Å². The number of ether oxygens (including phenoxy) is 1. The van der Waals surface area contributed by atoms with Gasteiger partial charge in [-0.25, -0.2) is 22.0 Å². The summed E-state index contributed by atoms with van der Waals surface area (Å²) >= 11 is 0. The molecule has 0 spiro atoms. The summed E-state index contributed by atoms with van der Waals surface area (Å²) in [6.45, 7) is 3.83. The molecular formula is C20H21F2NO4S. The second-order valence-corrected chi connectivity index (χ2v) is 8.95. The standard InChI is InChI=1S/C20H21F2NO4S/c1-3-6-23-19-5-4-14(7-16(19)10-27-20(23)24)11-28(25,26)12-15-8-17(21)13(2)18(22)9-15/h4-5,7-9H,3,6,10-12H2,1-2H3. The third-order valence-electron chi connectivity index (χ3n) is 4.57. The smallest absolute Gasteiger partial charge is 0.414 e. The highest BCUT2D eigenvalue weighted by Crippen LogP contribution is 2.29. The summed E-state index contributed by atoms with van der Waals surface area (Å²) in [5, 5.41) is 0. The fourth-order valence-electron chi connectivity index (χ4n) is 3.20. The maximum atomic E-state index is 13.7. The molecule has 0 radical (unpaired) electrons. The van der Waals surface area contributed by atoms with Crippen LogP contribution in [-0.4, -0.2) is 21.1 Å². The lowest BCUT2D eigenvalue weighted by molar-refractivity contribution is 0.142.